The molecule has 1 aliphatic rings. The molecule has 2 N–H and O–H groups in total. The molecule has 160 valence electrons. The van der Waals surface area contributed by atoms with Gasteiger partial charge in [0.25, 0.3) is 0 Å². The fourth-order valence-corrected chi connectivity index (χ4v) is 4.79. The number of hydrogen-bond donors (Lipinski definition) is 2. The second kappa shape index (κ2) is 8.64. The van der Waals surface area contributed by atoms with Gasteiger partial charge in [0.2, 0.25) is 11.1 Å². The van der Waals surface area contributed by atoms with Gasteiger partial charge in [0.05, 0.1) is 11.1 Å². The summed E-state index contributed by atoms with van der Waals surface area (Å²) in [6.07, 6.45) is 0. The number of aromatic nitrogens is 3. The first kappa shape index (κ1) is 20.5. The number of rotatable bonds is 4. The van der Waals surface area contributed by atoms with Gasteiger partial charge >= 0.3 is 0 Å². The molecule has 1 aliphatic heterocycles. The molecule has 0 saturated heterocycles. The molecule has 2 heterocycles. The van der Waals surface area contributed by atoms with Crippen molar-refractivity contribution in [1.82, 2.24) is 14.9 Å². The molecule has 9 heteroatoms. The van der Waals surface area contributed by atoms with Crippen LogP contribution in [0.1, 0.15) is 11.6 Å². The van der Waals surface area contributed by atoms with Crippen molar-refractivity contribution in [3.8, 4) is 11.4 Å². The molecule has 3 aromatic carbocycles. The van der Waals surface area contributed by atoms with Crippen molar-refractivity contribution >= 4 is 35.0 Å². The summed E-state index contributed by atoms with van der Waals surface area (Å²) in [6.45, 7) is 0. The molecular weight excluding hydrogens is 449 g/mol. The lowest BCUT2D eigenvalue weighted by atomic mass is 10.0. The van der Waals surface area contributed by atoms with Crippen molar-refractivity contribution in [3.63, 3.8) is 0 Å². The number of amides is 1. The second-order valence-corrected chi connectivity index (χ2v) is 8.70. The maximum absolute atomic E-state index is 13.5. The predicted molar refractivity (Wildman–Crippen MR) is 124 cm³/mol. The number of nitrogens with zero attached hydrogens (tertiary/aromatic N) is 3. The average molecular weight is 466 g/mol. The zero-order valence-electron chi connectivity index (χ0n) is 16.6. The monoisotopic (exact) mass is 465 g/mol. The van der Waals surface area contributed by atoms with Crippen LogP contribution in [-0.2, 0) is 4.79 Å². The van der Waals surface area contributed by atoms with Crippen LogP contribution in [0.25, 0.3) is 11.4 Å². The molecule has 0 aliphatic carbocycles. The Kier molecular flexibility index (Phi) is 5.55. The third-order valence-corrected chi connectivity index (χ3v) is 6.58. The van der Waals surface area contributed by atoms with Crippen LogP contribution >= 0.6 is 23.4 Å². The number of thioether (sulfide) groups is 1. The molecule has 0 unspecified atom stereocenters. The SMILES string of the molecule is O=C(Nc1ccc(F)c(Cl)c1)[C@@H]1Sc2nnc(-c3ccccc3)n2N[C@@H]1c1ccccc1. The summed E-state index contributed by atoms with van der Waals surface area (Å²) in [6, 6.07) is 23.2. The number of fused-ring (bicyclic) bond motifs is 1. The van der Waals surface area contributed by atoms with Crippen LogP contribution in [0.4, 0.5) is 10.1 Å². The molecule has 32 heavy (non-hydrogen) atoms. The van der Waals surface area contributed by atoms with E-state index in [1.54, 1.807) is 0 Å². The summed E-state index contributed by atoms with van der Waals surface area (Å²) in [5, 5.41) is 11.4. The Balaban J connectivity index is 1.50. The minimum absolute atomic E-state index is 0.0518. The van der Waals surface area contributed by atoms with E-state index < -0.39 is 11.1 Å². The van der Waals surface area contributed by atoms with Gasteiger partial charge in [-0.2, -0.15) is 0 Å². The third kappa shape index (κ3) is 3.94. The molecule has 0 radical (unpaired) electrons. The van der Waals surface area contributed by atoms with Crippen molar-refractivity contribution in [3.05, 3.63) is 95.3 Å². The van der Waals surface area contributed by atoms with Crippen LogP contribution < -0.4 is 10.7 Å². The normalized spacial score (nSPS) is 17.3. The Morgan fingerprint density at radius 3 is 2.47 bits per heavy atom. The van der Waals surface area contributed by atoms with Crippen LogP contribution in [0.5, 0.6) is 0 Å². The number of carbonyl (C=O) groups excluding carboxylic acids is 1. The predicted octanol–water partition coefficient (Wildman–Crippen LogP) is 5.14. The zero-order chi connectivity index (χ0) is 22.1. The van der Waals surface area contributed by atoms with Gasteiger partial charge in [0.15, 0.2) is 5.82 Å². The van der Waals surface area contributed by atoms with Gasteiger partial charge in [-0.1, -0.05) is 84.0 Å². The van der Waals surface area contributed by atoms with E-state index in [1.807, 2.05) is 65.3 Å². The van der Waals surface area contributed by atoms with Gasteiger partial charge < -0.3 is 10.7 Å². The lowest BCUT2D eigenvalue weighted by Gasteiger charge is -2.33. The van der Waals surface area contributed by atoms with Gasteiger partial charge in [-0.15, -0.1) is 10.2 Å². The standard InChI is InChI=1S/C23H17ClFN5OS/c24-17-13-16(11-12-18(17)25)26-22(31)20-19(14-7-3-1-4-8-14)29-30-21(27-28-23(30)32-20)15-9-5-2-6-10-15/h1-13,19-20,29H,(H,26,31)/t19-,20-/m1/s1. The van der Waals surface area contributed by atoms with Crippen molar-refractivity contribution in [2.24, 2.45) is 0 Å². The number of hydrogen-bond acceptors (Lipinski definition) is 5. The first-order chi connectivity index (χ1) is 15.6. The summed E-state index contributed by atoms with van der Waals surface area (Å²) < 4.78 is 15.3. The number of carbonyl (C=O) groups is 1. The molecule has 4 aromatic rings. The first-order valence-electron chi connectivity index (χ1n) is 9.85. The highest BCUT2D eigenvalue weighted by molar-refractivity contribution is 8.00. The van der Waals surface area contributed by atoms with E-state index in [2.05, 4.69) is 20.9 Å². The van der Waals surface area contributed by atoms with Gasteiger partial charge in [-0.3, -0.25) is 4.79 Å². The summed E-state index contributed by atoms with van der Waals surface area (Å²) in [7, 11) is 0. The van der Waals surface area contributed by atoms with Crippen molar-refractivity contribution in [2.45, 2.75) is 16.4 Å². The van der Waals surface area contributed by atoms with E-state index in [0.717, 1.165) is 11.1 Å². The number of anilines is 1. The minimum Gasteiger partial charge on any atom is -0.325 e. The number of benzene rings is 3. The number of halogens is 2. The Labute approximate surface area is 192 Å². The fourth-order valence-electron chi connectivity index (χ4n) is 3.53. The van der Waals surface area contributed by atoms with Crippen LogP contribution in [-0.4, -0.2) is 26.0 Å². The molecule has 5 rings (SSSR count). The summed E-state index contributed by atoms with van der Waals surface area (Å²) >= 11 is 7.19. The number of nitrogens with one attached hydrogen (secondary N) is 2. The van der Waals surface area contributed by atoms with Crippen molar-refractivity contribution in [1.29, 1.82) is 0 Å². The zero-order valence-corrected chi connectivity index (χ0v) is 18.1. The Hall–Kier alpha value is -3.36. The summed E-state index contributed by atoms with van der Waals surface area (Å²) in [5.74, 6) is -0.130. The summed E-state index contributed by atoms with van der Waals surface area (Å²) in [5.41, 5.74) is 5.70. The van der Waals surface area contributed by atoms with Crippen LogP contribution in [0.3, 0.4) is 0 Å². The van der Waals surface area contributed by atoms with E-state index in [0.29, 0.717) is 16.7 Å². The molecule has 0 spiro atoms. The van der Waals surface area contributed by atoms with Gasteiger partial charge in [0.1, 0.15) is 11.1 Å². The van der Waals surface area contributed by atoms with E-state index >= 15 is 0 Å². The van der Waals surface area contributed by atoms with E-state index in [-0.39, 0.29) is 17.0 Å². The lowest BCUT2D eigenvalue weighted by molar-refractivity contribution is -0.116. The third-order valence-electron chi connectivity index (χ3n) is 5.07. The molecule has 1 amide bonds. The van der Waals surface area contributed by atoms with Gasteiger partial charge in [0, 0.05) is 11.3 Å². The molecule has 0 fully saturated rings. The first-order valence-corrected chi connectivity index (χ1v) is 11.1. The highest BCUT2D eigenvalue weighted by Gasteiger charge is 2.38. The maximum Gasteiger partial charge on any atom is 0.240 e. The minimum atomic E-state index is -0.554. The second-order valence-electron chi connectivity index (χ2n) is 7.18. The maximum atomic E-state index is 13.5. The van der Waals surface area contributed by atoms with Crippen LogP contribution in [0.15, 0.2) is 84.0 Å². The van der Waals surface area contributed by atoms with Crippen LogP contribution in [0, 0.1) is 5.82 Å². The van der Waals surface area contributed by atoms with E-state index in [9.17, 15) is 9.18 Å². The molecule has 1 aromatic heterocycles. The van der Waals surface area contributed by atoms with Crippen LogP contribution in [0.2, 0.25) is 5.02 Å². The molecule has 2 atom stereocenters. The highest BCUT2D eigenvalue weighted by atomic mass is 35.5. The topological polar surface area (TPSA) is 71.8 Å². The Morgan fingerprint density at radius 2 is 1.75 bits per heavy atom. The average Bonchev–Trinajstić information content (AvgIpc) is 3.25. The van der Waals surface area contributed by atoms with E-state index in [1.165, 1.54) is 30.0 Å². The quantitative estimate of drug-likeness (QED) is 0.437. The lowest BCUT2D eigenvalue weighted by Crippen LogP contribution is -2.41. The molecule has 0 saturated carbocycles. The Bertz CT molecular complexity index is 1270. The Morgan fingerprint density at radius 1 is 1.03 bits per heavy atom. The molecule has 0 bridgehead atoms. The summed E-state index contributed by atoms with van der Waals surface area (Å²) in [4.78, 5) is 13.3. The fraction of sp³-hybridized carbons (Fsp3) is 0.0870. The largest absolute Gasteiger partial charge is 0.325 e. The molecular formula is C23H17ClFN5OS. The van der Waals surface area contributed by atoms with Crippen molar-refractivity contribution < 1.29 is 9.18 Å². The van der Waals surface area contributed by atoms with Gasteiger partial charge in [-0.05, 0) is 23.8 Å². The van der Waals surface area contributed by atoms with Gasteiger partial charge in [-0.25, -0.2) is 9.07 Å². The smallest absolute Gasteiger partial charge is 0.240 e. The highest BCUT2D eigenvalue weighted by Crippen LogP contribution is 2.39. The van der Waals surface area contributed by atoms with E-state index in [4.69, 9.17) is 11.6 Å². The van der Waals surface area contributed by atoms with Crippen molar-refractivity contribution in [2.75, 3.05) is 10.7 Å². The molecule has 6 nitrogen and oxygen atoms in total.